The quantitative estimate of drug-likeness (QED) is 0.121. The number of imidazole rings is 1. The fourth-order valence-corrected chi connectivity index (χ4v) is 4.83. The van der Waals surface area contributed by atoms with Gasteiger partial charge in [-0.05, 0) is 73.0 Å². The van der Waals surface area contributed by atoms with Crippen LogP contribution in [-0.2, 0) is 27.8 Å². The van der Waals surface area contributed by atoms with Gasteiger partial charge in [-0.3, -0.25) is 0 Å². The number of aromatic amines is 1. The summed E-state index contributed by atoms with van der Waals surface area (Å²) in [5.74, 6) is -1.47. The number of halogens is 3. The van der Waals surface area contributed by atoms with Crippen molar-refractivity contribution < 1.29 is 40.9 Å². The summed E-state index contributed by atoms with van der Waals surface area (Å²) in [6.45, 7) is 4.53. The lowest BCUT2D eigenvalue weighted by Gasteiger charge is -2.12. The van der Waals surface area contributed by atoms with Gasteiger partial charge in [-0.25, -0.2) is 32.9 Å². The molecule has 46 heavy (non-hydrogen) atoms. The molecule has 0 fully saturated rings. The monoisotopic (exact) mass is 665 g/mol. The highest BCUT2D eigenvalue weighted by Crippen LogP contribution is 2.36. The maximum atomic E-state index is 11.4. The van der Waals surface area contributed by atoms with Gasteiger partial charge in [0.25, 0.3) is 0 Å². The number of carboxylic acid groups (broad SMARTS) is 1. The molecule has 0 unspecified atom stereocenters. The molecular weight excluding hydrogens is 635 g/mol. The summed E-state index contributed by atoms with van der Waals surface area (Å²) in [6, 6.07) is 10.4. The number of hydrogen-bond donors (Lipinski definition) is 5. The van der Waals surface area contributed by atoms with Gasteiger partial charge in [-0.1, -0.05) is 12.1 Å². The van der Waals surface area contributed by atoms with Gasteiger partial charge in [0.05, 0.1) is 23.4 Å². The number of aliphatic carboxylic acids is 1. The Balaban J connectivity index is 0.000000617. The number of nitrogens with zero attached hydrogens (tertiary/aromatic N) is 5. The van der Waals surface area contributed by atoms with E-state index in [0.29, 0.717) is 41.6 Å². The number of primary sulfonamides is 1. The predicted octanol–water partition coefficient (Wildman–Crippen LogP) is 2.96. The van der Waals surface area contributed by atoms with Gasteiger partial charge in [0.1, 0.15) is 16.7 Å². The van der Waals surface area contributed by atoms with Crippen LogP contribution in [0.15, 0.2) is 58.3 Å². The van der Waals surface area contributed by atoms with Crippen LogP contribution in [0.1, 0.15) is 18.9 Å². The fourth-order valence-electron chi connectivity index (χ4n) is 4.32. The van der Waals surface area contributed by atoms with E-state index >= 15 is 0 Å². The average Bonchev–Trinajstić information content (AvgIpc) is 3.76. The highest BCUT2D eigenvalue weighted by Gasteiger charge is 2.38. The number of nitrogens with two attached hydrogens (primary N) is 2. The number of pyridine rings is 1. The van der Waals surface area contributed by atoms with E-state index in [1.54, 1.807) is 18.3 Å². The number of alkyl halides is 3. The number of sulfonamides is 1. The van der Waals surface area contributed by atoms with E-state index in [2.05, 4.69) is 25.6 Å². The SMILES string of the molecule is CCn1c(-c2nonc2N)nc2c(-c3ccc[nH]3)ncc(OCCCNCCc3ccc(S(N)(=O)=O)cc3)c21.O=C(O)C(F)(F)F. The van der Waals surface area contributed by atoms with Crippen molar-refractivity contribution in [1.29, 1.82) is 0 Å². The molecule has 19 heteroatoms. The molecule has 5 rings (SSSR count). The second-order valence-electron chi connectivity index (χ2n) is 9.62. The normalized spacial score (nSPS) is 11.8. The number of fused-ring (bicyclic) bond motifs is 1. The summed E-state index contributed by atoms with van der Waals surface area (Å²) in [5.41, 5.74) is 10.3. The standard InChI is InChI=1S/C25H29N9O4S.C2HF3O2/c1-2-34-23-19(37-14-4-11-28-13-10-16-6-8-17(9-7-16)39(27,35)36)15-30-20(18-5-3-12-29-18)21(23)31-25(34)22-24(26)33-38-32-22;3-2(4,5)1(6)7/h3,5-9,12,15,28-29H,2,4,10-11,13-14H2,1H3,(H2,26,33)(H2,27,35,36);(H,6,7). The molecule has 0 spiro atoms. The Hall–Kier alpha value is -5.01. The molecule has 0 bridgehead atoms. The van der Waals surface area contributed by atoms with Crippen molar-refractivity contribution in [2.24, 2.45) is 5.14 Å². The van der Waals surface area contributed by atoms with Crippen molar-refractivity contribution in [3.8, 4) is 28.7 Å². The van der Waals surface area contributed by atoms with E-state index < -0.39 is 22.2 Å². The third kappa shape index (κ3) is 8.17. The Morgan fingerprint density at radius 2 is 1.87 bits per heavy atom. The zero-order valence-corrected chi connectivity index (χ0v) is 25.1. The number of aryl methyl sites for hydroxylation is 1. The minimum Gasteiger partial charge on any atom is -0.490 e. The molecule has 7 N–H and O–H groups in total. The summed E-state index contributed by atoms with van der Waals surface area (Å²) in [5, 5.41) is 23.3. The van der Waals surface area contributed by atoms with Crippen molar-refractivity contribution in [3.05, 3.63) is 54.4 Å². The predicted molar refractivity (Wildman–Crippen MR) is 159 cm³/mol. The first-order chi connectivity index (χ1) is 21.8. The highest BCUT2D eigenvalue weighted by atomic mass is 32.2. The maximum Gasteiger partial charge on any atom is 0.490 e. The minimum atomic E-state index is -5.08. The van der Waals surface area contributed by atoms with E-state index in [-0.39, 0.29) is 10.7 Å². The molecule has 0 atom stereocenters. The summed E-state index contributed by atoms with van der Waals surface area (Å²) < 4.78 is 67.5. The Bertz CT molecular complexity index is 1870. The van der Waals surface area contributed by atoms with Gasteiger partial charge in [0.2, 0.25) is 10.0 Å². The molecule has 4 heterocycles. The molecule has 0 aliphatic rings. The third-order valence-electron chi connectivity index (χ3n) is 6.47. The van der Waals surface area contributed by atoms with Crippen LogP contribution in [0.3, 0.4) is 0 Å². The molecule has 4 aromatic heterocycles. The number of nitrogen functional groups attached to an aromatic ring is 1. The lowest BCUT2D eigenvalue weighted by molar-refractivity contribution is -0.192. The summed E-state index contributed by atoms with van der Waals surface area (Å²) in [6.07, 6.45) is -0.0250. The fraction of sp³-hybridized carbons (Fsp3) is 0.296. The Morgan fingerprint density at radius 3 is 2.43 bits per heavy atom. The topological polar surface area (TPSA) is 230 Å². The van der Waals surface area contributed by atoms with Crippen LogP contribution in [0.25, 0.3) is 33.9 Å². The van der Waals surface area contributed by atoms with Crippen LogP contribution in [0, 0.1) is 0 Å². The van der Waals surface area contributed by atoms with E-state index in [0.717, 1.165) is 42.7 Å². The van der Waals surface area contributed by atoms with Crippen LogP contribution < -0.4 is 20.9 Å². The second kappa shape index (κ2) is 14.4. The first-order valence-electron chi connectivity index (χ1n) is 13.7. The molecule has 0 aliphatic heterocycles. The number of ether oxygens (including phenoxy) is 1. The molecule has 5 aromatic rings. The van der Waals surface area contributed by atoms with Crippen molar-refractivity contribution in [2.75, 3.05) is 25.4 Å². The molecule has 15 nitrogen and oxygen atoms in total. The number of nitrogens with one attached hydrogen (secondary N) is 2. The van der Waals surface area contributed by atoms with Gasteiger partial charge in [-0.2, -0.15) is 13.2 Å². The van der Waals surface area contributed by atoms with Crippen LogP contribution in [0.4, 0.5) is 19.0 Å². The van der Waals surface area contributed by atoms with E-state index in [1.807, 2.05) is 29.8 Å². The van der Waals surface area contributed by atoms with Crippen molar-refractivity contribution in [2.45, 2.75) is 37.4 Å². The molecule has 246 valence electrons. The Morgan fingerprint density at radius 1 is 1.15 bits per heavy atom. The van der Waals surface area contributed by atoms with Crippen molar-refractivity contribution >= 4 is 32.8 Å². The van der Waals surface area contributed by atoms with Crippen molar-refractivity contribution in [1.82, 2.24) is 35.1 Å². The lowest BCUT2D eigenvalue weighted by Crippen LogP contribution is -2.21. The number of anilines is 1. The van der Waals surface area contributed by atoms with Gasteiger partial charge in [0.15, 0.2) is 23.1 Å². The molecular formula is C27H30F3N9O6S. The number of rotatable bonds is 12. The zero-order chi connectivity index (χ0) is 33.5. The first kappa shape index (κ1) is 33.9. The lowest BCUT2D eigenvalue weighted by atomic mass is 10.1. The summed E-state index contributed by atoms with van der Waals surface area (Å²) in [4.78, 5) is 21.7. The van der Waals surface area contributed by atoms with Crippen LogP contribution in [0.2, 0.25) is 0 Å². The van der Waals surface area contributed by atoms with Crippen LogP contribution in [0.5, 0.6) is 5.75 Å². The molecule has 0 saturated heterocycles. The van der Waals surface area contributed by atoms with E-state index in [1.165, 1.54) is 12.1 Å². The Labute approximate surface area is 259 Å². The molecule has 1 aromatic carbocycles. The average molecular weight is 666 g/mol. The van der Waals surface area contributed by atoms with Gasteiger partial charge in [-0.15, -0.1) is 0 Å². The summed E-state index contributed by atoms with van der Waals surface area (Å²) >= 11 is 0. The number of carbonyl (C=O) groups is 1. The number of aromatic nitrogens is 6. The van der Waals surface area contributed by atoms with Gasteiger partial charge >= 0.3 is 12.1 Å². The van der Waals surface area contributed by atoms with E-state index in [9.17, 15) is 21.6 Å². The number of hydrogen-bond acceptors (Lipinski definition) is 11. The smallest absolute Gasteiger partial charge is 0.490 e. The number of H-pyrrole nitrogens is 1. The van der Waals surface area contributed by atoms with Crippen LogP contribution in [-0.4, -0.2) is 75.2 Å². The number of benzene rings is 1. The van der Waals surface area contributed by atoms with Gasteiger partial charge < -0.3 is 30.4 Å². The van der Waals surface area contributed by atoms with E-state index in [4.69, 9.17) is 35.1 Å². The second-order valence-corrected chi connectivity index (χ2v) is 11.2. The molecule has 0 amide bonds. The van der Waals surface area contributed by atoms with Crippen molar-refractivity contribution in [3.63, 3.8) is 0 Å². The minimum absolute atomic E-state index is 0.110. The maximum absolute atomic E-state index is 11.4. The van der Waals surface area contributed by atoms with Gasteiger partial charge in [0, 0.05) is 12.7 Å². The highest BCUT2D eigenvalue weighted by molar-refractivity contribution is 7.89. The van der Waals surface area contributed by atoms with Crippen LogP contribution >= 0.6 is 0 Å². The first-order valence-corrected chi connectivity index (χ1v) is 15.2. The zero-order valence-electron chi connectivity index (χ0n) is 24.3. The summed E-state index contributed by atoms with van der Waals surface area (Å²) in [7, 11) is -3.68. The largest absolute Gasteiger partial charge is 0.490 e. The molecule has 0 aliphatic carbocycles. The number of carboxylic acids is 1. The molecule has 0 saturated carbocycles. The molecule has 0 radical (unpaired) electrons. The third-order valence-corrected chi connectivity index (χ3v) is 7.40. The Kier molecular flexibility index (Phi) is 10.6.